The minimum absolute atomic E-state index is 0.133. The Morgan fingerprint density at radius 2 is 1.97 bits per heavy atom. The van der Waals surface area contributed by atoms with Crippen molar-refractivity contribution in [3.8, 4) is 0 Å². The zero-order chi connectivity index (χ0) is 21.3. The molecule has 3 rings (SSSR count). The number of pyridine rings is 1. The highest BCUT2D eigenvalue weighted by atomic mass is 16.5. The highest BCUT2D eigenvalue weighted by Crippen LogP contribution is 2.17. The second-order valence-electron chi connectivity index (χ2n) is 6.51. The average Bonchev–Trinajstić information content (AvgIpc) is 3.31. The van der Waals surface area contributed by atoms with Gasteiger partial charge in [-0.25, -0.2) is 4.79 Å². The van der Waals surface area contributed by atoms with Crippen molar-refractivity contribution in [1.82, 2.24) is 10.3 Å². The molecule has 0 radical (unpaired) electrons. The predicted molar refractivity (Wildman–Crippen MR) is 109 cm³/mol. The number of amides is 2. The maximum Gasteiger partial charge on any atom is 0.337 e. The van der Waals surface area contributed by atoms with E-state index in [4.69, 9.17) is 9.15 Å². The van der Waals surface area contributed by atoms with Crippen molar-refractivity contribution < 1.29 is 23.5 Å². The summed E-state index contributed by atoms with van der Waals surface area (Å²) < 4.78 is 9.69. The molecule has 0 aliphatic rings. The lowest BCUT2D eigenvalue weighted by atomic mass is 10.1. The van der Waals surface area contributed by atoms with Gasteiger partial charge in [-0.2, -0.15) is 0 Å². The number of methoxy groups -OCH3 is 1. The van der Waals surface area contributed by atoms with E-state index in [-0.39, 0.29) is 23.9 Å². The number of carbonyl (C=O) groups excluding carboxylic acids is 3. The number of nitrogens with one attached hydrogen (secondary N) is 2. The maximum atomic E-state index is 12.3. The summed E-state index contributed by atoms with van der Waals surface area (Å²) in [5, 5.41) is 5.53. The van der Waals surface area contributed by atoms with E-state index in [1.165, 1.54) is 31.8 Å². The number of carbonyl (C=O) groups is 3. The number of nitrogens with zero attached hydrogens (tertiary/aromatic N) is 1. The molecule has 154 valence electrons. The van der Waals surface area contributed by atoms with Gasteiger partial charge < -0.3 is 19.8 Å². The lowest BCUT2D eigenvalue weighted by molar-refractivity contribution is -0.121. The van der Waals surface area contributed by atoms with Crippen LogP contribution >= 0.6 is 0 Å². The molecule has 0 aliphatic heterocycles. The smallest absolute Gasteiger partial charge is 0.337 e. The molecule has 0 bridgehead atoms. The topological polar surface area (TPSA) is 111 Å². The fourth-order valence-electron chi connectivity index (χ4n) is 2.79. The Balaban J connectivity index is 1.66. The van der Waals surface area contributed by atoms with Gasteiger partial charge in [0.15, 0.2) is 0 Å². The van der Waals surface area contributed by atoms with Gasteiger partial charge in [-0.1, -0.05) is 6.07 Å². The number of hydrogen-bond donors (Lipinski definition) is 2. The van der Waals surface area contributed by atoms with E-state index in [2.05, 4.69) is 15.6 Å². The van der Waals surface area contributed by atoms with E-state index >= 15 is 0 Å². The number of hydrogen-bond acceptors (Lipinski definition) is 6. The van der Waals surface area contributed by atoms with Crippen molar-refractivity contribution in [3.63, 3.8) is 0 Å². The summed E-state index contributed by atoms with van der Waals surface area (Å²) in [5.41, 5.74) is 2.65. The van der Waals surface area contributed by atoms with E-state index in [0.717, 1.165) is 5.56 Å². The molecule has 8 heteroatoms. The minimum atomic E-state index is -0.543. The highest BCUT2D eigenvalue weighted by Gasteiger charge is 2.13. The van der Waals surface area contributed by atoms with E-state index in [0.29, 0.717) is 29.7 Å². The zero-order valence-electron chi connectivity index (χ0n) is 16.4. The molecule has 0 atom stereocenters. The summed E-state index contributed by atoms with van der Waals surface area (Å²) >= 11 is 0. The second kappa shape index (κ2) is 10.0. The molecule has 0 saturated heterocycles. The van der Waals surface area contributed by atoms with Crippen molar-refractivity contribution in [1.29, 1.82) is 0 Å². The zero-order valence-corrected chi connectivity index (χ0v) is 16.4. The Hall–Kier alpha value is -3.94. The number of rotatable bonds is 8. The standard InChI is InChI=1S/C22H21N3O5/c1-29-22(28)18-9-16(10-19(11-18)25-21(27)17-6-8-30-14-17)13-24-20(26)5-4-15-3-2-7-23-12-15/h2-3,6-12,14H,4-5,13H2,1H3,(H,24,26)(H,25,27). The summed E-state index contributed by atoms with van der Waals surface area (Å²) in [5.74, 6) is -1.05. The van der Waals surface area contributed by atoms with Crippen LogP contribution in [0.3, 0.4) is 0 Å². The van der Waals surface area contributed by atoms with Crippen molar-refractivity contribution in [2.45, 2.75) is 19.4 Å². The van der Waals surface area contributed by atoms with Gasteiger partial charge in [0.05, 0.1) is 24.5 Å². The molecular weight excluding hydrogens is 386 g/mol. The molecule has 8 nitrogen and oxygen atoms in total. The van der Waals surface area contributed by atoms with Gasteiger partial charge in [0.2, 0.25) is 5.91 Å². The Kier molecular flexibility index (Phi) is 6.94. The van der Waals surface area contributed by atoms with Crippen molar-refractivity contribution in [2.24, 2.45) is 0 Å². The van der Waals surface area contributed by atoms with Crippen LogP contribution in [0, 0.1) is 0 Å². The Labute approximate surface area is 173 Å². The molecule has 3 aromatic rings. The summed E-state index contributed by atoms with van der Waals surface area (Å²) in [6.45, 7) is 0.200. The summed E-state index contributed by atoms with van der Waals surface area (Å²) in [6.07, 6.45) is 7.01. The van der Waals surface area contributed by atoms with Crippen LogP contribution in [0.25, 0.3) is 0 Å². The van der Waals surface area contributed by atoms with Gasteiger partial charge in [-0.05, 0) is 47.9 Å². The van der Waals surface area contributed by atoms with Crippen LogP contribution in [0.4, 0.5) is 5.69 Å². The van der Waals surface area contributed by atoms with Gasteiger partial charge in [0, 0.05) is 31.0 Å². The SMILES string of the molecule is COC(=O)c1cc(CNC(=O)CCc2cccnc2)cc(NC(=O)c2ccoc2)c1. The van der Waals surface area contributed by atoms with Crippen molar-refractivity contribution >= 4 is 23.5 Å². The van der Waals surface area contributed by atoms with E-state index in [9.17, 15) is 14.4 Å². The molecule has 2 amide bonds. The lowest BCUT2D eigenvalue weighted by Gasteiger charge is -2.11. The molecule has 30 heavy (non-hydrogen) atoms. The third-order valence-electron chi connectivity index (χ3n) is 4.31. The minimum Gasteiger partial charge on any atom is -0.472 e. The van der Waals surface area contributed by atoms with E-state index < -0.39 is 5.97 Å². The van der Waals surface area contributed by atoms with Crippen LogP contribution in [-0.4, -0.2) is 29.9 Å². The first-order valence-corrected chi connectivity index (χ1v) is 9.26. The number of anilines is 1. The summed E-state index contributed by atoms with van der Waals surface area (Å²) in [4.78, 5) is 40.5. The number of benzene rings is 1. The maximum absolute atomic E-state index is 12.3. The summed E-state index contributed by atoms with van der Waals surface area (Å²) in [7, 11) is 1.28. The first-order chi connectivity index (χ1) is 14.5. The van der Waals surface area contributed by atoms with Crippen LogP contribution < -0.4 is 10.6 Å². The lowest BCUT2D eigenvalue weighted by Crippen LogP contribution is -2.23. The van der Waals surface area contributed by atoms with Crippen LogP contribution in [0.15, 0.2) is 65.7 Å². The molecule has 2 aromatic heterocycles. The quantitative estimate of drug-likeness (QED) is 0.556. The summed E-state index contributed by atoms with van der Waals surface area (Å²) in [6, 6.07) is 10.1. The fourth-order valence-corrected chi connectivity index (χ4v) is 2.79. The number of esters is 1. The van der Waals surface area contributed by atoms with Gasteiger partial charge >= 0.3 is 5.97 Å². The number of aryl methyl sites for hydroxylation is 1. The Bertz CT molecular complexity index is 1020. The normalized spacial score (nSPS) is 10.3. The second-order valence-corrected chi connectivity index (χ2v) is 6.51. The van der Waals surface area contributed by atoms with Gasteiger partial charge in [0.25, 0.3) is 5.91 Å². The highest BCUT2D eigenvalue weighted by molar-refractivity contribution is 6.04. The van der Waals surface area contributed by atoms with Crippen LogP contribution in [0.5, 0.6) is 0 Å². The first kappa shape index (κ1) is 20.8. The fraction of sp³-hybridized carbons (Fsp3) is 0.182. The molecule has 2 heterocycles. The molecule has 0 fully saturated rings. The number of aromatic nitrogens is 1. The number of ether oxygens (including phenoxy) is 1. The third-order valence-corrected chi connectivity index (χ3v) is 4.31. The third kappa shape index (κ3) is 5.78. The Morgan fingerprint density at radius 1 is 1.10 bits per heavy atom. The molecule has 0 unspecified atom stereocenters. The molecule has 0 spiro atoms. The first-order valence-electron chi connectivity index (χ1n) is 9.26. The van der Waals surface area contributed by atoms with Crippen LogP contribution in [0.1, 0.15) is 38.3 Å². The molecule has 1 aromatic carbocycles. The van der Waals surface area contributed by atoms with Crippen LogP contribution in [0.2, 0.25) is 0 Å². The average molecular weight is 407 g/mol. The van der Waals surface area contributed by atoms with Gasteiger partial charge in [0.1, 0.15) is 6.26 Å². The number of furan rings is 1. The van der Waals surface area contributed by atoms with Crippen molar-refractivity contribution in [3.05, 3.63) is 83.6 Å². The largest absolute Gasteiger partial charge is 0.472 e. The van der Waals surface area contributed by atoms with E-state index in [1.54, 1.807) is 24.5 Å². The van der Waals surface area contributed by atoms with Gasteiger partial charge in [-0.3, -0.25) is 14.6 Å². The predicted octanol–water partition coefficient (Wildman–Crippen LogP) is 2.96. The van der Waals surface area contributed by atoms with Crippen molar-refractivity contribution in [2.75, 3.05) is 12.4 Å². The molecule has 0 saturated carbocycles. The molecule has 0 aliphatic carbocycles. The Morgan fingerprint density at radius 3 is 2.67 bits per heavy atom. The van der Waals surface area contributed by atoms with Gasteiger partial charge in [-0.15, -0.1) is 0 Å². The molecule has 2 N–H and O–H groups in total. The van der Waals surface area contributed by atoms with Crippen LogP contribution in [-0.2, 0) is 22.5 Å². The van der Waals surface area contributed by atoms with E-state index in [1.807, 2.05) is 12.1 Å². The monoisotopic (exact) mass is 407 g/mol. The molecular formula is C22H21N3O5.